The largest absolute Gasteiger partial charge is 1.00 e. The van der Waals surface area contributed by atoms with Gasteiger partial charge in [0.25, 0.3) is 0 Å². The molecule has 0 spiro atoms. The molecule has 0 fully saturated rings. The fraction of sp³-hybridized carbons (Fsp3) is 0.190. The van der Waals surface area contributed by atoms with Crippen LogP contribution in [0.4, 0.5) is 0 Å². The Hall–Kier alpha value is -1.98. The van der Waals surface area contributed by atoms with Crippen LogP contribution in [0.25, 0.3) is 0 Å². The number of hydrogen-bond donors (Lipinski definition) is 1. The molecule has 7 heteroatoms. The second kappa shape index (κ2) is 11.1. The summed E-state index contributed by atoms with van der Waals surface area (Å²) in [5.74, 6) is 1.37. The van der Waals surface area contributed by atoms with Gasteiger partial charge in [0.2, 0.25) is 0 Å². The van der Waals surface area contributed by atoms with Gasteiger partial charge in [-0.2, -0.15) is 0 Å². The van der Waals surface area contributed by atoms with Gasteiger partial charge < -0.3 is 27.2 Å². The van der Waals surface area contributed by atoms with E-state index in [1.54, 1.807) is 19.4 Å². The topological polar surface area (TPSA) is 43.4 Å². The van der Waals surface area contributed by atoms with Crippen molar-refractivity contribution in [3.8, 4) is 11.5 Å². The highest BCUT2D eigenvalue weighted by Gasteiger charge is 2.07. The van der Waals surface area contributed by atoms with Crippen molar-refractivity contribution in [3.05, 3.63) is 87.7 Å². The number of hydrogen-bond acceptors (Lipinski definition) is 4. The first-order valence-corrected chi connectivity index (χ1v) is 9.25. The first kappa shape index (κ1) is 22.3. The first-order chi connectivity index (χ1) is 13.2. The molecule has 148 valence electrons. The average molecular weight is 439 g/mol. The third-order valence-corrected chi connectivity index (χ3v) is 4.61. The van der Waals surface area contributed by atoms with Crippen molar-refractivity contribution in [1.82, 2.24) is 10.3 Å². The number of ether oxygens (including phenoxy) is 2. The van der Waals surface area contributed by atoms with E-state index in [1.165, 1.54) is 0 Å². The molecule has 1 N–H and O–H groups in total. The number of aromatic nitrogens is 1. The Labute approximate surface area is 181 Å². The summed E-state index contributed by atoms with van der Waals surface area (Å²) in [7, 11) is 1.63. The Bertz CT molecular complexity index is 889. The van der Waals surface area contributed by atoms with Crippen LogP contribution in [0.1, 0.15) is 16.7 Å². The van der Waals surface area contributed by atoms with Gasteiger partial charge in [-0.3, -0.25) is 0 Å². The molecular weight excluding hydrogens is 419 g/mol. The predicted octanol–water partition coefficient (Wildman–Crippen LogP) is 2.27. The van der Waals surface area contributed by atoms with Crippen LogP contribution in [0.2, 0.25) is 10.2 Å². The maximum absolute atomic E-state index is 6.18. The molecular formula is C21H20Cl3N2O2-. The molecule has 0 unspecified atom stereocenters. The summed E-state index contributed by atoms with van der Waals surface area (Å²) in [6.07, 6.45) is 1.70. The van der Waals surface area contributed by atoms with E-state index < -0.39 is 0 Å². The molecule has 28 heavy (non-hydrogen) atoms. The minimum Gasteiger partial charge on any atom is -1.00 e. The summed E-state index contributed by atoms with van der Waals surface area (Å²) in [6.45, 7) is 1.79. The number of benzene rings is 2. The van der Waals surface area contributed by atoms with Gasteiger partial charge >= 0.3 is 0 Å². The molecule has 4 nitrogen and oxygen atoms in total. The first-order valence-electron chi connectivity index (χ1n) is 8.50. The second-order valence-corrected chi connectivity index (χ2v) is 6.75. The summed E-state index contributed by atoms with van der Waals surface area (Å²) in [4.78, 5) is 4.05. The van der Waals surface area contributed by atoms with Crippen molar-refractivity contribution in [1.29, 1.82) is 0 Å². The number of nitrogens with one attached hydrogen (secondary N) is 1. The Morgan fingerprint density at radius 3 is 2.43 bits per heavy atom. The van der Waals surface area contributed by atoms with Gasteiger partial charge in [-0.15, -0.1) is 0 Å². The smallest absolute Gasteiger partial charge is 0.161 e. The molecule has 0 aliphatic heterocycles. The van der Waals surface area contributed by atoms with Gasteiger partial charge in [-0.25, -0.2) is 4.98 Å². The van der Waals surface area contributed by atoms with Crippen molar-refractivity contribution in [2.45, 2.75) is 19.7 Å². The minimum atomic E-state index is 0. The van der Waals surface area contributed by atoms with E-state index in [9.17, 15) is 0 Å². The van der Waals surface area contributed by atoms with E-state index in [0.29, 0.717) is 36.3 Å². The Morgan fingerprint density at radius 2 is 1.71 bits per heavy atom. The maximum Gasteiger partial charge on any atom is 0.161 e. The molecule has 0 atom stereocenters. The van der Waals surface area contributed by atoms with E-state index in [-0.39, 0.29) is 12.4 Å². The Morgan fingerprint density at radius 1 is 0.929 bits per heavy atom. The van der Waals surface area contributed by atoms with E-state index in [0.717, 1.165) is 21.7 Å². The van der Waals surface area contributed by atoms with Crippen LogP contribution in [-0.4, -0.2) is 12.1 Å². The van der Waals surface area contributed by atoms with Crippen LogP contribution in [0, 0.1) is 0 Å². The van der Waals surface area contributed by atoms with Crippen LogP contribution < -0.4 is 27.2 Å². The number of pyridine rings is 1. The molecule has 0 radical (unpaired) electrons. The van der Waals surface area contributed by atoms with Crippen molar-refractivity contribution >= 4 is 23.2 Å². The summed E-state index contributed by atoms with van der Waals surface area (Å²) in [6, 6.07) is 17.3. The molecule has 0 aliphatic rings. The minimum absolute atomic E-state index is 0. The number of nitrogens with zero attached hydrogens (tertiary/aromatic N) is 1. The summed E-state index contributed by atoms with van der Waals surface area (Å²) in [5.41, 5.74) is 3.11. The van der Waals surface area contributed by atoms with Crippen molar-refractivity contribution < 1.29 is 21.9 Å². The average Bonchev–Trinajstić information content (AvgIpc) is 2.69. The van der Waals surface area contributed by atoms with Gasteiger partial charge in [-0.1, -0.05) is 53.5 Å². The summed E-state index contributed by atoms with van der Waals surface area (Å²) in [5, 5.41) is 4.62. The zero-order valence-electron chi connectivity index (χ0n) is 15.3. The zero-order chi connectivity index (χ0) is 19.1. The molecule has 1 heterocycles. The van der Waals surface area contributed by atoms with E-state index in [4.69, 9.17) is 32.7 Å². The Kier molecular flexibility index (Phi) is 8.87. The lowest BCUT2D eigenvalue weighted by Crippen LogP contribution is -3.00. The van der Waals surface area contributed by atoms with E-state index in [1.807, 2.05) is 48.5 Å². The van der Waals surface area contributed by atoms with Crippen molar-refractivity contribution in [2.24, 2.45) is 0 Å². The predicted molar refractivity (Wildman–Crippen MR) is 109 cm³/mol. The monoisotopic (exact) mass is 437 g/mol. The van der Waals surface area contributed by atoms with Crippen LogP contribution in [0.3, 0.4) is 0 Å². The zero-order valence-corrected chi connectivity index (χ0v) is 17.6. The number of halogens is 3. The highest BCUT2D eigenvalue weighted by Crippen LogP contribution is 2.29. The van der Waals surface area contributed by atoms with Gasteiger partial charge in [0.05, 0.1) is 7.11 Å². The maximum atomic E-state index is 6.18. The third kappa shape index (κ3) is 6.28. The van der Waals surface area contributed by atoms with Crippen LogP contribution in [0.15, 0.2) is 60.8 Å². The van der Waals surface area contributed by atoms with Crippen molar-refractivity contribution in [3.63, 3.8) is 0 Å². The molecule has 3 aromatic rings. The fourth-order valence-electron chi connectivity index (χ4n) is 2.58. The molecule has 0 saturated heterocycles. The SMILES string of the molecule is COc1cc(CNCc2ccccc2Cl)ccc1OCc1ccc(Cl)nc1.[Cl-]. The van der Waals surface area contributed by atoms with E-state index >= 15 is 0 Å². The van der Waals surface area contributed by atoms with Gasteiger partial charge in [0.1, 0.15) is 11.8 Å². The molecule has 2 aromatic carbocycles. The van der Waals surface area contributed by atoms with Gasteiger partial charge in [0.15, 0.2) is 11.5 Å². The normalized spacial score (nSPS) is 10.2. The lowest BCUT2D eigenvalue weighted by atomic mass is 10.2. The number of methoxy groups -OCH3 is 1. The van der Waals surface area contributed by atoms with Crippen LogP contribution >= 0.6 is 23.2 Å². The second-order valence-electron chi connectivity index (χ2n) is 5.96. The lowest BCUT2D eigenvalue weighted by molar-refractivity contribution is -0.00000592. The lowest BCUT2D eigenvalue weighted by Gasteiger charge is -2.13. The molecule has 0 saturated carbocycles. The molecule has 1 aromatic heterocycles. The Balaban J connectivity index is 0.00000280. The summed E-state index contributed by atoms with van der Waals surface area (Å²) >= 11 is 12.0. The summed E-state index contributed by atoms with van der Waals surface area (Å²) < 4.78 is 11.3. The quantitative estimate of drug-likeness (QED) is 0.548. The van der Waals surface area contributed by atoms with Crippen LogP contribution in [-0.2, 0) is 19.7 Å². The highest BCUT2D eigenvalue weighted by atomic mass is 35.5. The number of rotatable bonds is 8. The molecule has 0 amide bonds. The molecule has 0 aliphatic carbocycles. The van der Waals surface area contributed by atoms with Crippen LogP contribution in [0.5, 0.6) is 11.5 Å². The van der Waals surface area contributed by atoms with Gasteiger partial charge in [0, 0.05) is 29.9 Å². The third-order valence-electron chi connectivity index (χ3n) is 4.01. The molecule has 3 rings (SSSR count). The fourth-order valence-corrected chi connectivity index (χ4v) is 2.89. The standard InChI is InChI=1S/C21H20Cl2N2O2.ClH/c1-26-20-10-15(11-24-13-17-4-2-3-5-18(17)22)6-8-19(20)27-14-16-7-9-21(23)25-12-16;/h2-10,12,24H,11,13-14H2,1H3;1H/p-1. The van der Waals surface area contributed by atoms with Gasteiger partial charge in [-0.05, 0) is 35.4 Å². The van der Waals surface area contributed by atoms with E-state index in [2.05, 4.69) is 10.3 Å². The van der Waals surface area contributed by atoms with Crippen molar-refractivity contribution in [2.75, 3.05) is 7.11 Å². The highest BCUT2D eigenvalue weighted by molar-refractivity contribution is 6.31. The molecule has 0 bridgehead atoms.